The molecule has 0 bridgehead atoms. The number of nitrogens with one attached hydrogen (secondary N) is 1. The Labute approximate surface area is 98.9 Å². The molecule has 1 rings (SSSR count). The van der Waals surface area contributed by atoms with Crippen LogP contribution < -0.4 is 5.32 Å². The lowest BCUT2D eigenvalue weighted by Gasteiger charge is -2.34. The molecule has 1 aliphatic rings. The van der Waals surface area contributed by atoms with Gasteiger partial charge in [0.2, 0.25) is 5.91 Å². The number of ether oxygens (including phenoxy) is 1. The van der Waals surface area contributed by atoms with Crippen LogP contribution in [0.3, 0.4) is 0 Å². The van der Waals surface area contributed by atoms with Crippen LogP contribution in [0.15, 0.2) is 0 Å². The lowest BCUT2D eigenvalue weighted by molar-refractivity contribution is -0.128. The molecule has 1 amide bonds. The Balaban J connectivity index is 2.21. The van der Waals surface area contributed by atoms with E-state index in [1.165, 1.54) is 12.8 Å². The fourth-order valence-corrected chi connectivity index (χ4v) is 2.06. The fraction of sp³-hybridized carbons (Fsp3) is 0.923. The Morgan fingerprint density at radius 1 is 1.38 bits per heavy atom. The highest BCUT2D eigenvalue weighted by Crippen LogP contribution is 2.34. The summed E-state index contributed by atoms with van der Waals surface area (Å²) in [4.78, 5) is 11.5. The van der Waals surface area contributed by atoms with Crippen LogP contribution in [0, 0.1) is 5.41 Å². The molecule has 0 spiro atoms. The van der Waals surface area contributed by atoms with Crippen LogP contribution in [0.4, 0.5) is 0 Å². The van der Waals surface area contributed by atoms with Crippen molar-refractivity contribution in [3.05, 3.63) is 0 Å². The Morgan fingerprint density at radius 2 is 1.94 bits per heavy atom. The highest BCUT2D eigenvalue weighted by molar-refractivity contribution is 5.77. The quantitative estimate of drug-likeness (QED) is 0.801. The van der Waals surface area contributed by atoms with Gasteiger partial charge in [0, 0.05) is 6.04 Å². The maximum Gasteiger partial charge on any atom is 0.246 e. The Morgan fingerprint density at radius 3 is 2.44 bits per heavy atom. The van der Waals surface area contributed by atoms with Crippen molar-refractivity contribution < 1.29 is 9.53 Å². The van der Waals surface area contributed by atoms with Crippen molar-refractivity contribution in [3.63, 3.8) is 0 Å². The van der Waals surface area contributed by atoms with E-state index < -0.39 is 0 Å². The first kappa shape index (κ1) is 13.5. The second kappa shape index (κ2) is 5.67. The minimum atomic E-state index is 0.0263. The summed E-state index contributed by atoms with van der Waals surface area (Å²) in [5, 5.41) is 3.05. The molecule has 3 heteroatoms. The average Bonchev–Trinajstić information content (AvgIpc) is 2.18. The van der Waals surface area contributed by atoms with E-state index in [1.54, 1.807) is 0 Å². The number of amides is 1. The van der Waals surface area contributed by atoms with E-state index in [0.29, 0.717) is 11.5 Å². The highest BCUT2D eigenvalue weighted by atomic mass is 16.5. The summed E-state index contributed by atoms with van der Waals surface area (Å²) in [5.74, 6) is 0.0263. The first-order chi connectivity index (χ1) is 7.39. The van der Waals surface area contributed by atoms with Crippen molar-refractivity contribution in [1.82, 2.24) is 5.32 Å². The van der Waals surface area contributed by atoms with E-state index in [4.69, 9.17) is 4.74 Å². The molecule has 0 heterocycles. The van der Waals surface area contributed by atoms with Crippen LogP contribution in [0.5, 0.6) is 0 Å². The SMILES string of the molecule is CC(C)OCC(=O)NC1CCC(C)(C)CC1. The zero-order valence-corrected chi connectivity index (χ0v) is 11.0. The standard InChI is InChI=1S/C13H25NO2/c1-10(2)16-9-12(15)14-11-5-7-13(3,4)8-6-11/h10-11H,5-9H2,1-4H3,(H,14,15). The van der Waals surface area contributed by atoms with E-state index in [2.05, 4.69) is 19.2 Å². The van der Waals surface area contributed by atoms with Crippen LogP contribution in [0.25, 0.3) is 0 Å². The van der Waals surface area contributed by atoms with Gasteiger partial charge in [0.05, 0.1) is 6.10 Å². The average molecular weight is 227 g/mol. The number of hydrogen-bond acceptors (Lipinski definition) is 2. The van der Waals surface area contributed by atoms with Crippen LogP contribution >= 0.6 is 0 Å². The zero-order chi connectivity index (χ0) is 12.2. The molecule has 0 aromatic carbocycles. The van der Waals surface area contributed by atoms with E-state index in [-0.39, 0.29) is 18.6 Å². The summed E-state index contributed by atoms with van der Waals surface area (Å²) >= 11 is 0. The van der Waals surface area contributed by atoms with Gasteiger partial charge >= 0.3 is 0 Å². The van der Waals surface area contributed by atoms with Crippen molar-refractivity contribution in [1.29, 1.82) is 0 Å². The molecule has 0 aromatic rings. The smallest absolute Gasteiger partial charge is 0.246 e. The molecule has 94 valence electrons. The van der Waals surface area contributed by atoms with Gasteiger partial charge in [0.1, 0.15) is 6.61 Å². The molecule has 1 aliphatic carbocycles. The van der Waals surface area contributed by atoms with E-state index in [1.807, 2.05) is 13.8 Å². The first-order valence-corrected chi connectivity index (χ1v) is 6.30. The largest absolute Gasteiger partial charge is 0.369 e. The van der Waals surface area contributed by atoms with Crippen LogP contribution in [0.1, 0.15) is 53.4 Å². The van der Waals surface area contributed by atoms with Crippen molar-refractivity contribution in [2.75, 3.05) is 6.61 Å². The van der Waals surface area contributed by atoms with Gasteiger partial charge in [-0.05, 0) is 44.9 Å². The van der Waals surface area contributed by atoms with Gasteiger partial charge in [-0.3, -0.25) is 4.79 Å². The number of hydrogen-bond donors (Lipinski definition) is 1. The minimum absolute atomic E-state index is 0.0263. The zero-order valence-electron chi connectivity index (χ0n) is 11.0. The van der Waals surface area contributed by atoms with E-state index in [0.717, 1.165) is 12.8 Å². The summed E-state index contributed by atoms with van der Waals surface area (Å²) in [5.41, 5.74) is 0.454. The van der Waals surface area contributed by atoms with Gasteiger partial charge in [-0.25, -0.2) is 0 Å². The first-order valence-electron chi connectivity index (χ1n) is 6.30. The van der Waals surface area contributed by atoms with Gasteiger partial charge in [0.15, 0.2) is 0 Å². The monoisotopic (exact) mass is 227 g/mol. The molecule has 0 atom stereocenters. The molecular formula is C13H25NO2. The molecule has 1 N–H and O–H groups in total. The summed E-state index contributed by atoms with van der Waals surface area (Å²) in [6.45, 7) is 8.67. The van der Waals surface area contributed by atoms with E-state index in [9.17, 15) is 4.79 Å². The Kier molecular flexibility index (Phi) is 4.78. The van der Waals surface area contributed by atoms with Crippen molar-refractivity contribution >= 4 is 5.91 Å². The van der Waals surface area contributed by atoms with Crippen molar-refractivity contribution in [2.24, 2.45) is 5.41 Å². The summed E-state index contributed by atoms with van der Waals surface area (Å²) in [7, 11) is 0. The summed E-state index contributed by atoms with van der Waals surface area (Å²) in [6.07, 6.45) is 4.71. The molecule has 0 unspecified atom stereocenters. The second-order valence-corrected chi connectivity index (χ2v) is 5.87. The van der Waals surface area contributed by atoms with Crippen molar-refractivity contribution in [2.45, 2.75) is 65.5 Å². The lowest BCUT2D eigenvalue weighted by atomic mass is 9.75. The molecule has 0 saturated heterocycles. The third-order valence-electron chi connectivity index (χ3n) is 3.25. The predicted octanol–water partition coefficient (Wildman–Crippen LogP) is 2.50. The number of rotatable bonds is 4. The van der Waals surface area contributed by atoms with E-state index >= 15 is 0 Å². The summed E-state index contributed by atoms with van der Waals surface area (Å²) < 4.78 is 5.27. The van der Waals surface area contributed by atoms with Crippen LogP contribution in [0.2, 0.25) is 0 Å². The molecule has 1 fully saturated rings. The van der Waals surface area contributed by atoms with Gasteiger partial charge < -0.3 is 10.1 Å². The van der Waals surface area contributed by atoms with Crippen molar-refractivity contribution in [3.8, 4) is 0 Å². The minimum Gasteiger partial charge on any atom is -0.369 e. The van der Waals surface area contributed by atoms with Gasteiger partial charge in [-0.2, -0.15) is 0 Å². The second-order valence-electron chi connectivity index (χ2n) is 5.87. The number of carbonyl (C=O) groups is 1. The molecule has 0 aromatic heterocycles. The predicted molar refractivity (Wildman–Crippen MR) is 65.3 cm³/mol. The number of carbonyl (C=O) groups excluding carboxylic acids is 1. The molecule has 0 aliphatic heterocycles. The normalized spacial score (nSPS) is 21.1. The maximum absolute atomic E-state index is 11.5. The Hall–Kier alpha value is -0.570. The van der Waals surface area contributed by atoms with Crippen LogP contribution in [-0.2, 0) is 9.53 Å². The molecular weight excluding hydrogens is 202 g/mol. The molecule has 16 heavy (non-hydrogen) atoms. The van der Waals surface area contributed by atoms with Gasteiger partial charge in [-0.1, -0.05) is 13.8 Å². The van der Waals surface area contributed by atoms with Gasteiger partial charge in [-0.15, -0.1) is 0 Å². The fourth-order valence-electron chi connectivity index (χ4n) is 2.06. The maximum atomic E-state index is 11.5. The van der Waals surface area contributed by atoms with Gasteiger partial charge in [0.25, 0.3) is 0 Å². The lowest BCUT2D eigenvalue weighted by Crippen LogP contribution is -2.41. The molecule has 0 radical (unpaired) electrons. The summed E-state index contributed by atoms with van der Waals surface area (Å²) in [6, 6.07) is 0.358. The third kappa shape index (κ3) is 4.97. The molecule has 3 nitrogen and oxygen atoms in total. The molecule has 1 saturated carbocycles. The van der Waals surface area contributed by atoms with Crippen LogP contribution in [-0.4, -0.2) is 24.7 Å². The highest BCUT2D eigenvalue weighted by Gasteiger charge is 2.27. The Bertz CT molecular complexity index is 226. The topological polar surface area (TPSA) is 38.3 Å². The third-order valence-corrected chi connectivity index (χ3v) is 3.25.